The minimum atomic E-state index is 0.672. The van der Waals surface area contributed by atoms with Gasteiger partial charge in [-0.15, -0.1) is 0 Å². The van der Waals surface area contributed by atoms with Crippen molar-refractivity contribution in [2.24, 2.45) is 0 Å². The first kappa shape index (κ1) is 11.3. The molecule has 0 saturated heterocycles. The Bertz CT molecular complexity index is 346. The number of rotatable bonds is 4. The van der Waals surface area contributed by atoms with Crippen LogP contribution in [0.1, 0.15) is 31.2 Å². The van der Waals surface area contributed by atoms with Crippen LogP contribution in [-0.4, -0.2) is 13.2 Å². The number of ether oxygens (including phenoxy) is 1. The van der Waals surface area contributed by atoms with Gasteiger partial charge in [-0.25, -0.2) is 0 Å². The predicted octanol–water partition coefficient (Wildman–Crippen LogP) is 2.31. The van der Waals surface area contributed by atoms with Gasteiger partial charge in [-0.3, -0.25) is 0 Å². The molecule has 3 N–H and O–H groups in total. The normalized spacial score (nSPS) is 16.6. The Morgan fingerprint density at radius 3 is 2.81 bits per heavy atom. The van der Waals surface area contributed by atoms with Crippen LogP contribution >= 0.6 is 0 Å². The zero-order valence-corrected chi connectivity index (χ0v) is 9.83. The monoisotopic (exact) mass is 220 g/mol. The number of nitrogens with one attached hydrogen (secondary N) is 1. The molecule has 1 aliphatic carbocycles. The molecular formula is C13H20N2O. The molecule has 0 aromatic heterocycles. The first-order chi connectivity index (χ1) is 7.79. The smallest absolute Gasteiger partial charge is 0.123 e. The second-order valence-corrected chi connectivity index (χ2v) is 4.43. The molecule has 16 heavy (non-hydrogen) atoms. The molecule has 88 valence electrons. The van der Waals surface area contributed by atoms with Gasteiger partial charge in [-0.1, -0.05) is 12.8 Å². The molecular weight excluding hydrogens is 200 g/mol. The second kappa shape index (κ2) is 5.21. The maximum absolute atomic E-state index is 5.78. The highest BCUT2D eigenvalue weighted by atomic mass is 16.5. The highest BCUT2D eigenvalue weighted by molar-refractivity contribution is 5.47. The van der Waals surface area contributed by atoms with Gasteiger partial charge in [0, 0.05) is 23.8 Å². The maximum Gasteiger partial charge on any atom is 0.123 e. The van der Waals surface area contributed by atoms with Gasteiger partial charge >= 0.3 is 0 Å². The van der Waals surface area contributed by atoms with Crippen molar-refractivity contribution in [1.82, 2.24) is 5.32 Å². The Morgan fingerprint density at radius 2 is 2.12 bits per heavy atom. The summed E-state index contributed by atoms with van der Waals surface area (Å²) in [5.74, 6) is 0.916. The van der Waals surface area contributed by atoms with E-state index in [2.05, 4.69) is 5.32 Å². The Balaban J connectivity index is 1.98. The first-order valence-corrected chi connectivity index (χ1v) is 5.95. The molecule has 1 aliphatic rings. The molecule has 0 heterocycles. The highest BCUT2D eigenvalue weighted by Gasteiger charge is 2.14. The number of hydrogen-bond donors (Lipinski definition) is 2. The van der Waals surface area contributed by atoms with Gasteiger partial charge in [0.1, 0.15) is 5.75 Å². The average molecular weight is 220 g/mol. The van der Waals surface area contributed by atoms with Gasteiger partial charge in [0.05, 0.1) is 7.11 Å². The number of nitrogen functional groups attached to an aromatic ring is 1. The minimum absolute atomic E-state index is 0.672. The van der Waals surface area contributed by atoms with E-state index in [1.165, 1.54) is 25.7 Å². The van der Waals surface area contributed by atoms with Crippen LogP contribution in [-0.2, 0) is 6.54 Å². The SMILES string of the molecule is COc1ccc(N)cc1CNC1CCCC1. The van der Waals surface area contributed by atoms with Crippen LogP contribution in [0.4, 0.5) is 5.69 Å². The van der Waals surface area contributed by atoms with Crippen molar-refractivity contribution in [3.8, 4) is 5.75 Å². The lowest BCUT2D eigenvalue weighted by Crippen LogP contribution is -2.25. The summed E-state index contributed by atoms with van der Waals surface area (Å²) in [6.45, 7) is 0.846. The van der Waals surface area contributed by atoms with Crippen LogP contribution in [0.25, 0.3) is 0 Å². The fourth-order valence-corrected chi connectivity index (χ4v) is 2.32. The predicted molar refractivity (Wildman–Crippen MR) is 66.5 cm³/mol. The molecule has 0 atom stereocenters. The molecule has 3 heteroatoms. The molecule has 0 spiro atoms. The van der Waals surface area contributed by atoms with Crippen LogP contribution in [0.15, 0.2) is 18.2 Å². The number of nitrogens with two attached hydrogens (primary N) is 1. The van der Waals surface area contributed by atoms with Crippen LogP contribution in [0.3, 0.4) is 0 Å². The maximum atomic E-state index is 5.78. The average Bonchev–Trinajstić information content (AvgIpc) is 2.79. The molecule has 3 nitrogen and oxygen atoms in total. The molecule has 1 aromatic rings. The third-order valence-electron chi connectivity index (χ3n) is 3.24. The van der Waals surface area contributed by atoms with E-state index in [0.29, 0.717) is 6.04 Å². The fraction of sp³-hybridized carbons (Fsp3) is 0.538. The zero-order valence-electron chi connectivity index (χ0n) is 9.83. The molecule has 1 aromatic carbocycles. The van der Waals surface area contributed by atoms with Crippen LogP contribution in [0.5, 0.6) is 5.75 Å². The summed E-state index contributed by atoms with van der Waals surface area (Å²) in [5, 5.41) is 3.56. The van der Waals surface area contributed by atoms with E-state index >= 15 is 0 Å². The minimum Gasteiger partial charge on any atom is -0.496 e. The lowest BCUT2D eigenvalue weighted by atomic mass is 10.1. The third-order valence-corrected chi connectivity index (χ3v) is 3.24. The van der Waals surface area contributed by atoms with E-state index in [-0.39, 0.29) is 0 Å². The molecule has 1 saturated carbocycles. The van der Waals surface area contributed by atoms with Crippen molar-refractivity contribution in [2.45, 2.75) is 38.3 Å². The Hall–Kier alpha value is -1.22. The zero-order chi connectivity index (χ0) is 11.4. The summed E-state index contributed by atoms with van der Waals surface area (Å²) in [7, 11) is 1.70. The van der Waals surface area contributed by atoms with Gasteiger partial charge in [0.25, 0.3) is 0 Å². The van der Waals surface area contributed by atoms with E-state index in [1.807, 2.05) is 18.2 Å². The number of hydrogen-bond acceptors (Lipinski definition) is 3. The molecule has 1 fully saturated rings. The van der Waals surface area contributed by atoms with Crippen LogP contribution in [0, 0.1) is 0 Å². The van der Waals surface area contributed by atoms with Crippen LogP contribution < -0.4 is 15.8 Å². The van der Waals surface area contributed by atoms with Crippen LogP contribution in [0.2, 0.25) is 0 Å². The Labute approximate surface area is 97.0 Å². The number of anilines is 1. The number of benzene rings is 1. The molecule has 2 rings (SSSR count). The van der Waals surface area contributed by atoms with Crippen molar-refractivity contribution < 1.29 is 4.74 Å². The molecule has 0 bridgehead atoms. The van der Waals surface area contributed by atoms with Crippen molar-refractivity contribution in [1.29, 1.82) is 0 Å². The van der Waals surface area contributed by atoms with Gasteiger partial charge in [-0.2, -0.15) is 0 Å². The molecule has 0 radical (unpaired) electrons. The summed E-state index contributed by atoms with van der Waals surface area (Å²) in [4.78, 5) is 0. The van der Waals surface area contributed by atoms with Crippen molar-refractivity contribution >= 4 is 5.69 Å². The molecule has 0 unspecified atom stereocenters. The van der Waals surface area contributed by atoms with Crippen molar-refractivity contribution in [3.63, 3.8) is 0 Å². The van der Waals surface area contributed by atoms with Gasteiger partial charge in [0.2, 0.25) is 0 Å². The summed E-state index contributed by atoms with van der Waals surface area (Å²) < 4.78 is 5.32. The molecule has 0 aliphatic heterocycles. The van der Waals surface area contributed by atoms with Gasteiger partial charge in [-0.05, 0) is 31.0 Å². The lowest BCUT2D eigenvalue weighted by molar-refractivity contribution is 0.405. The van der Waals surface area contributed by atoms with E-state index in [4.69, 9.17) is 10.5 Å². The van der Waals surface area contributed by atoms with E-state index in [0.717, 1.165) is 23.5 Å². The summed E-state index contributed by atoms with van der Waals surface area (Å²) >= 11 is 0. The fourth-order valence-electron chi connectivity index (χ4n) is 2.32. The lowest BCUT2D eigenvalue weighted by Gasteiger charge is -2.14. The van der Waals surface area contributed by atoms with Crippen molar-refractivity contribution in [3.05, 3.63) is 23.8 Å². The molecule has 0 amide bonds. The highest BCUT2D eigenvalue weighted by Crippen LogP contribution is 2.23. The number of methoxy groups -OCH3 is 1. The summed E-state index contributed by atoms with van der Waals surface area (Å²) in [6, 6.07) is 6.46. The third kappa shape index (κ3) is 2.67. The topological polar surface area (TPSA) is 47.3 Å². The van der Waals surface area contributed by atoms with Crippen molar-refractivity contribution in [2.75, 3.05) is 12.8 Å². The quantitative estimate of drug-likeness (QED) is 0.765. The van der Waals surface area contributed by atoms with E-state index in [9.17, 15) is 0 Å². The Morgan fingerprint density at radius 1 is 1.38 bits per heavy atom. The summed E-state index contributed by atoms with van der Waals surface area (Å²) in [6.07, 6.45) is 5.30. The van der Waals surface area contributed by atoms with E-state index in [1.54, 1.807) is 7.11 Å². The first-order valence-electron chi connectivity index (χ1n) is 5.95. The standard InChI is InChI=1S/C13H20N2O/c1-16-13-7-6-11(14)8-10(13)9-15-12-4-2-3-5-12/h6-8,12,15H,2-5,9,14H2,1H3. The summed E-state index contributed by atoms with van der Waals surface area (Å²) in [5.41, 5.74) is 7.73. The second-order valence-electron chi connectivity index (χ2n) is 4.43. The largest absolute Gasteiger partial charge is 0.496 e. The Kier molecular flexibility index (Phi) is 3.67. The van der Waals surface area contributed by atoms with E-state index < -0.39 is 0 Å². The van der Waals surface area contributed by atoms with Gasteiger partial charge in [0.15, 0.2) is 0 Å². The van der Waals surface area contributed by atoms with Gasteiger partial charge < -0.3 is 15.8 Å².